The van der Waals surface area contributed by atoms with Crippen LogP contribution in [0.15, 0.2) is 48.5 Å². The van der Waals surface area contributed by atoms with Crippen LogP contribution in [0.25, 0.3) is 11.1 Å². The highest BCUT2D eigenvalue weighted by Crippen LogP contribution is 2.44. The minimum Gasteiger partial charge on any atom is -0.447 e. The van der Waals surface area contributed by atoms with Gasteiger partial charge in [0.2, 0.25) is 5.91 Å². The van der Waals surface area contributed by atoms with Gasteiger partial charge in [0, 0.05) is 25.9 Å². The molecule has 4 rings (SSSR count). The molecule has 3 amide bonds. The van der Waals surface area contributed by atoms with Crippen LogP contribution in [0.5, 0.6) is 0 Å². The molecule has 1 N–H and O–H groups in total. The molecule has 0 heterocycles. The molecular weight excluding hydrogens is 470 g/mol. The topological polar surface area (TPSA) is 88.2 Å². The third-order valence-corrected chi connectivity index (χ3v) is 7.00. The van der Waals surface area contributed by atoms with Gasteiger partial charge in [0.05, 0.1) is 6.04 Å². The fourth-order valence-electron chi connectivity index (χ4n) is 5.29. The number of amides is 3. The van der Waals surface area contributed by atoms with E-state index in [2.05, 4.69) is 29.7 Å². The van der Waals surface area contributed by atoms with E-state index in [-0.39, 0.29) is 30.4 Å². The highest BCUT2D eigenvalue weighted by Gasteiger charge is 2.36. The molecule has 198 valence electrons. The van der Waals surface area contributed by atoms with Crippen LogP contribution in [0.3, 0.4) is 0 Å². The van der Waals surface area contributed by atoms with Crippen molar-refractivity contribution in [3.63, 3.8) is 0 Å². The minimum absolute atomic E-state index is 0.0860. The third kappa shape index (κ3) is 6.06. The minimum atomic E-state index is -0.716. The smallest absolute Gasteiger partial charge is 0.429 e. The van der Waals surface area contributed by atoms with E-state index in [1.165, 1.54) is 5.01 Å². The van der Waals surface area contributed by atoms with Gasteiger partial charge in [-0.2, -0.15) is 0 Å². The summed E-state index contributed by atoms with van der Waals surface area (Å²) in [6.07, 6.45) is 1.06. The van der Waals surface area contributed by atoms with E-state index < -0.39 is 17.8 Å². The molecule has 2 aliphatic rings. The molecule has 0 aliphatic heterocycles. The van der Waals surface area contributed by atoms with Crippen molar-refractivity contribution in [3.8, 4) is 11.1 Å². The molecule has 2 aliphatic carbocycles. The van der Waals surface area contributed by atoms with Crippen LogP contribution in [-0.2, 0) is 14.3 Å². The van der Waals surface area contributed by atoms with Gasteiger partial charge in [0.1, 0.15) is 12.2 Å². The number of nitrogens with one attached hydrogen (secondary N) is 1. The van der Waals surface area contributed by atoms with Gasteiger partial charge >= 0.3 is 12.2 Å². The zero-order valence-corrected chi connectivity index (χ0v) is 22.3. The van der Waals surface area contributed by atoms with Crippen molar-refractivity contribution < 1.29 is 23.9 Å². The number of hydrazine groups is 1. The number of fused-ring (bicyclic) bond motifs is 3. The fraction of sp³-hybridized carbons (Fsp3) is 0.483. The molecule has 8 nitrogen and oxygen atoms in total. The molecule has 37 heavy (non-hydrogen) atoms. The largest absolute Gasteiger partial charge is 0.447 e. The summed E-state index contributed by atoms with van der Waals surface area (Å²) in [6.45, 7) is 5.45. The summed E-state index contributed by atoms with van der Waals surface area (Å²) in [5, 5.41) is 1.26. The van der Waals surface area contributed by atoms with Gasteiger partial charge in [0.25, 0.3) is 0 Å². The van der Waals surface area contributed by atoms with E-state index in [0.29, 0.717) is 25.7 Å². The predicted octanol–water partition coefficient (Wildman–Crippen LogP) is 5.32. The molecule has 0 spiro atoms. The van der Waals surface area contributed by atoms with Crippen LogP contribution < -0.4 is 5.43 Å². The number of nitrogens with zero attached hydrogens (tertiary/aromatic N) is 2. The second-order valence-corrected chi connectivity index (χ2v) is 11.0. The summed E-state index contributed by atoms with van der Waals surface area (Å²) in [7, 11) is 3.50. The van der Waals surface area contributed by atoms with Crippen molar-refractivity contribution in [2.75, 3.05) is 20.7 Å². The Labute approximate surface area is 218 Å². The number of hydrogen-bond acceptors (Lipinski definition) is 5. The maximum Gasteiger partial charge on any atom is 0.429 e. The Morgan fingerprint density at radius 2 is 1.43 bits per heavy atom. The molecule has 0 atom stereocenters. The standard InChI is InChI=1S/C29H37N3O5/c1-29(2,3)37-27(34)30-32(20-16-14-19(15-17-20)26(33)31(4)5)28(35)36-18-25-23-12-8-6-10-21(23)22-11-7-9-13-24(22)25/h6-13,19-20,25H,14-18H2,1-5H3,(H,30,34). The van der Waals surface area contributed by atoms with Gasteiger partial charge in [-0.1, -0.05) is 48.5 Å². The van der Waals surface area contributed by atoms with Crippen LogP contribution in [0, 0.1) is 5.92 Å². The first kappa shape index (κ1) is 26.5. The maximum atomic E-state index is 13.4. The van der Waals surface area contributed by atoms with Crippen molar-refractivity contribution in [2.24, 2.45) is 5.92 Å². The Morgan fingerprint density at radius 1 is 0.892 bits per heavy atom. The molecule has 0 bridgehead atoms. The van der Waals surface area contributed by atoms with Crippen LogP contribution in [0.1, 0.15) is 63.5 Å². The van der Waals surface area contributed by atoms with Gasteiger partial charge in [-0.25, -0.2) is 20.0 Å². The lowest BCUT2D eigenvalue weighted by Crippen LogP contribution is -2.54. The first-order valence-corrected chi connectivity index (χ1v) is 12.9. The molecular formula is C29H37N3O5. The molecule has 2 aromatic rings. The number of carbonyl (C=O) groups excluding carboxylic acids is 3. The van der Waals surface area contributed by atoms with Crippen molar-refractivity contribution in [1.29, 1.82) is 0 Å². The van der Waals surface area contributed by atoms with E-state index in [9.17, 15) is 14.4 Å². The maximum absolute atomic E-state index is 13.4. The van der Waals surface area contributed by atoms with Gasteiger partial charge in [-0.05, 0) is 68.7 Å². The Kier molecular flexibility index (Phi) is 7.76. The van der Waals surface area contributed by atoms with E-state index in [1.54, 1.807) is 39.8 Å². The van der Waals surface area contributed by atoms with Crippen molar-refractivity contribution >= 4 is 18.1 Å². The fourth-order valence-corrected chi connectivity index (χ4v) is 5.29. The lowest BCUT2D eigenvalue weighted by atomic mass is 9.85. The van der Waals surface area contributed by atoms with Crippen molar-refractivity contribution in [2.45, 2.75) is 64.0 Å². The van der Waals surface area contributed by atoms with Gasteiger partial charge in [-0.3, -0.25) is 4.79 Å². The predicted molar refractivity (Wildman–Crippen MR) is 141 cm³/mol. The first-order chi connectivity index (χ1) is 17.5. The first-order valence-electron chi connectivity index (χ1n) is 12.9. The van der Waals surface area contributed by atoms with Gasteiger partial charge < -0.3 is 14.4 Å². The highest BCUT2D eigenvalue weighted by atomic mass is 16.6. The van der Waals surface area contributed by atoms with Crippen LogP contribution >= 0.6 is 0 Å². The Balaban J connectivity index is 1.48. The Hall–Kier alpha value is -3.55. The molecule has 0 aromatic heterocycles. The average Bonchev–Trinajstić information content (AvgIpc) is 3.18. The Bertz CT molecular complexity index is 1100. The van der Waals surface area contributed by atoms with Crippen LogP contribution in [0.2, 0.25) is 0 Å². The summed E-state index contributed by atoms with van der Waals surface area (Å²) in [4.78, 5) is 40.1. The number of benzene rings is 2. The van der Waals surface area contributed by atoms with E-state index in [4.69, 9.17) is 9.47 Å². The number of rotatable bonds is 4. The lowest BCUT2D eigenvalue weighted by molar-refractivity contribution is -0.134. The quantitative estimate of drug-likeness (QED) is 0.566. The SMILES string of the molecule is CN(C)C(=O)C1CCC(N(NC(=O)OC(C)(C)C)C(=O)OCC2c3ccccc3-c3ccccc32)CC1. The average molecular weight is 508 g/mol. The molecule has 2 aromatic carbocycles. The second kappa shape index (κ2) is 10.8. The summed E-state index contributed by atoms with van der Waals surface area (Å²) < 4.78 is 11.3. The number of hydrogen-bond donors (Lipinski definition) is 1. The van der Waals surface area contributed by atoms with Gasteiger partial charge in [0.15, 0.2) is 0 Å². The number of carbonyl (C=O) groups is 3. The zero-order valence-electron chi connectivity index (χ0n) is 22.3. The molecule has 1 fully saturated rings. The third-order valence-electron chi connectivity index (χ3n) is 7.00. The van der Waals surface area contributed by atoms with E-state index >= 15 is 0 Å². The van der Waals surface area contributed by atoms with Crippen molar-refractivity contribution in [1.82, 2.24) is 15.3 Å². The molecule has 0 unspecified atom stereocenters. The van der Waals surface area contributed by atoms with Crippen LogP contribution in [0.4, 0.5) is 9.59 Å². The molecule has 1 saturated carbocycles. The molecule has 0 saturated heterocycles. The lowest BCUT2D eigenvalue weighted by Gasteiger charge is -2.36. The summed E-state index contributed by atoms with van der Waals surface area (Å²) >= 11 is 0. The molecule has 8 heteroatoms. The van der Waals surface area contributed by atoms with E-state index in [0.717, 1.165) is 22.3 Å². The summed E-state index contributed by atoms with van der Waals surface area (Å²) in [5.74, 6) is -0.0865. The normalized spacial score (nSPS) is 18.8. The van der Waals surface area contributed by atoms with Crippen LogP contribution in [-0.4, -0.2) is 60.3 Å². The number of ether oxygens (including phenoxy) is 2. The monoisotopic (exact) mass is 507 g/mol. The van der Waals surface area contributed by atoms with Gasteiger partial charge in [-0.15, -0.1) is 0 Å². The zero-order chi connectivity index (χ0) is 26.7. The van der Waals surface area contributed by atoms with Crippen molar-refractivity contribution in [3.05, 3.63) is 59.7 Å². The molecule has 0 radical (unpaired) electrons. The summed E-state index contributed by atoms with van der Waals surface area (Å²) in [5.41, 5.74) is 6.43. The second-order valence-electron chi connectivity index (χ2n) is 11.0. The Morgan fingerprint density at radius 3 is 1.95 bits per heavy atom. The van der Waals surface area contributed by atoms with E-state index in [1.807, 2.05) is 24.3 Å². The summed E-state index contributed by atoms with van der Waals surface area (Å²) in [6, 6.07) is 16.0. The highest BCUT2D eigenvalue weighted by molar-refractivity contribution is 5.80.